The largest absolute Gasteiger partial charge is 0.481 e. The molecule has 0 atom stereocenters. The van der Waals surface area contributed by atoms with Crippen LogP contribution in [0.15, 0.2) is 17.8 Å². The van der Waals surface area contributed by atoms with E-state index in [9.17, 15) is 4.79 Å². The first-order valence-corrected chi connectivity index (χ1v) is 9.81. The number of likely N-dealkylation sites (tertiary alicyclic amines) is 1. The highest BCUT2D eigenvalue weighted by Crippen LogP contribution is 2.24. The normalized spacial score (nSPS) is 15.1. The highest BCUT2D eigenvalue weighted by atomic mass is 32.1. The number of aryl methyl sites for hydroxylation is 1. The summed E-state index contributed by atoms with van der Waals surface area (Å²) in [7, 11) is 1.61. The molecule has 1 aliphatic heterocycles. The fourth-order valence-corrected chi connectivity index (χ4v) is 4.00. The van der Waals surface area contributed by atoms with E-state index in [1.807, 2.05) is 11.8 Å². The lowest BCUT2D eigenvalue weighted by atomic mass is 9.96. The molecule has 26 heavy (non-hydrogen) atoms. The molecule has 0 N–H and O–H groups in total. The molecule has 0 bridgehead atoms. The zero-order chi connectivity index (χ0) is 18.5. The summed E-state index contributed by atoms with van der Waals surface area (Å²) in [5.41, 5.74) is 2.57. The van der Waals surface area contributed by atoms with E-state index in [1.54, 1.807) is 24.9 Å². The first kappa shape index (κ1) is 18.6. The number of ether oxygens (including phenoxy) is 1. The molecule has 0 radical (unpaired) electrons. The molecule has 7 nitrogen and oxygen atoms in total. The first-order chi connectivity index (χ1) is 12.6. The number of carbonyl (C=O) groups is 1. The molecule has 0 spiro atoms. The predicted molar refractivity (Wildman–Crippen MR) is 102 cm³/mol. The molecule has 0 aromatic carbocycles. The molecular formula is C18H25N5O2S. The van der Waals surface area contributed by atoms with Crippen LogP contribution in [0.4, 0.5) is 5.95 Å². The standard InChI is InChI=1S/C18H25N5O2S/c1-4-22(18-19-8-5-15(21-18)25-3)11-14-6-9-23(10-7-14)17(24)16-13(2)20-12-26-16/h5,8,12,14H,4,6-7,9-11H2,1-3H3. The molecule has 1 fully saturated rings. The van der Waals surface area contributed by atoms with Crippen molar-refractivity contribution in [2.45, 2.75) is 26.7 Å². The molecule has 2 aromatic heterocycles. The smallest absolute Gasteiger partial charge is 0.265 e. The second-order valence-corrected chi connectivity index (χ2v) is 7.29. The molecule has 2 aromatic rings. The van der Waals surface area contributed by atoms with Crippen LogP contribution < -0.4 is 9.64 Å². The van der Waals surface area contributed by atoms with Crippen LogP contribution in [0.5, 0.6) is 5.88 Å². The molecule has 1 aliphatic rings. The number of methoxy groups -OCH3 is 1. The monoisotopic (exact) mass is 375 g/mol. The Bertz CT molecular complexity index is 743. The first-order valence-electron chi connectivity index (χ1n) is 8.93. The lowest BCUT2D eigenvalue weighted by Gasteiger charge is -2.34. The Morgan fingerprint density at radius 2 is 2.15 bits per heavy atom. The third-order valence-electron chi connectivity index (χ3n) is 4.81. The minimum absolute atomic E-state index is 0.118. The summed E-state index contributed by atoms with van der Waals surface area (Å²) in [6, 6.07) is 1.75. The van der Waals surface area contributed by atoms with Crippen molar-refractivity contribution in [2.24, 2.45) is 5.92 Å². The minimum atomic E-state index is 0.118. The highest BCUT2D eigenvalue weighted by molar-refractivity contribution is 7.11. The van der Waals surface area contributed by atoms with Gasteiger partial charge in [-0.05, 0) is 32.6 Å². The number of rotatable bonds is 6. The number of carbonyl (C=O) groups excluding carboxylic acids is 1. The van der Waals surface area contributed by atoms with Crippen molar-refractivity contribution >= 4 is 23.2 Å². The summed E-state index contributed by atoms with van der Waals surface area (Å²) in [6.07, 6.45) is 3.70. The van der Waals surface area contributed by atoms with Crippen molar-refractivity contribution in [3.8, 4) is 5.88 Å². The number of amides is 1. The summed E-state index contributed by atoms with van der Waals surface area (Å²) in [5.74, 6) is 1.92. The number of anilines is 1. The van der Waals surface area contributed by atoms with Gasteiger partial charge in [-0.15, -0.1) is 11.3 Å². The summed E-state index contributed by atoms with van der Waals surface area (Å²) >= 11 is 1.43. The van der Waals surface area contributed by atoms with Crippen LogP contribution in [-0.4, -0.2) is 59.0 Å². The summed E-state index contributed by atoms with van der Waals surface area (Å²) in [6.45, 7) is 7.31. The molecule has 140 valence electrons. The van der Waals surface area contributed by atoms with Crippen LogP contribution in [0.2, 0.25) is 0 Å². The second kappa shape index (κ2) is 8.44. The van der Waals surface area contributed by atoms with Crippen LogP contribution in [0.25, 0.3) is 0 Å². The highest BCUT2D eigenvalue weighted by Gasteiger charge is 2.27. The number of hydrogen-bond acceptors (Lipinski definition) is 7. The summed E-state index contributed by atoms with van der Waals surface area (Å²) < 4.78 is 5.20. The van der Waals surface area contributed by atoms with Crippen molar-refractivity contribution in [3.63, 3.8) is 0 Å². The van der Waals surface area contributed by atoms with Gasteiger partial charge < -0.3 is 14.5 Å². The quantitative estimate of drug-likeness (QED) is 0.773. The predicted octanol–water partition coefficient (Wildman–Crippen LogP) is 2.63. The maximum atomic E-state index is 12.6. The molecule has 0 saturated carbocycles. The Morgan fingerprint density at radius 3 is 2.77 bits per heavy atom. The van der Waals surface area contributed by atoms with E-state index < -0.39 is 0 Å². The maximum Gasteiger partial charge on any atom is 0.265 e. The number of thiazole rings is 1. The lowest BCUT2D eigenvalue weighted by molar-refractivity contribution is 0.0696. The molecule has 3 rings (SSSR count). The van der Waals surface area contributed by atoms with Crippen molar-refractivity contribution in [1.82, 2.24) is 19.9 Å². The zero-order valence-corrected chi connectivity index (χ0v) is 16.3. The van der Waals surface area contributed by atoms with Crippen LogP contribution in [0.3, 0.4) is 0 Å². The maximum absolute atomic E-state index is 12.6. The molecule has 1 saturated heterocycles. The Labute approximate surface area is 158 Å². The van der Waals surface area contributed by atoms with Crippen molar-refractivity contribution in [2.75, 3.05) is 38.2 Å². The van der Waals surface area contributed by atoms with Crippen molar-refractivity contribution in [1.29, 1.82) is 0 Å². The van der Waals surface area contributed by atoms with Crippen LogP contribution in [-0.2, 0) is 0 Å². The van der Waals surface area contributed by atoms with Gasteiger partial charge in [0.05, 0.1) is 18.3 Å². The van der Waals surface area contributed by atoms with Crippen LogP contribution in [0, 0.1) is 12.8 Å². The third-order valence-corrected chi connectivity index (χ3v) is 5.73. The van der Waals surface area contributed by atoms with E-state index in [2.05, 4.69) is 26.8 Å². The average molecular weight is 375 g/mol. The zero-order valence-electron chi connectivity index (χ0n) is 15.5. The number of aromatic nitrogens is 3. The SMILES string of the molecule is CCN(CC1CCN(C(=O)c2scnc2C)CC1)c1nccc(OC)n1. The summed E-state index contributed by atoms with van der Waals surface area (Å²) in [4.78, 5) is 30.5. The van der Waals surface area contributed by atoms with Gasteiger partial charge in [0.2, 0.25) is 11.8 Å². The second-order valence-electron chi connectivity index (χ2n) is 6.44. The number of piperidine rings is 1. The topological polar surface area (TPSA) is 71.5 Å². The fourth-order valence-electron chi connectivity index (χ4n) is 3.23. The van der Waals surface area contributed by atoms with E-state index in [4.69, 9.17) is 4.74 Å². The fraction of sp³-hybridized carbons (Fsp3) is 0.556. The van der Waals surface area contributed by atoms with E-state index >= 15 is 0 Å². The molecular weight excluding hydrogens is 350 g/mol. The average Bonchev–Trinajstić information content (AvgIpc) is 3.12. The number of hydrogen-bond donors (Lipinski definition) is 0. The van der Waals surface area contributed by atoms with E-state index in [-0.39, 0.29) is 5.91 Å². The van der Waals surface area contributed by atoms with Gasteiger partial charge in [0.1, 0.15) is 4.88 Å². The van der Waals surface area contributed by atoms with E-state index in [0.717, 1.165) is 49.6 Å². The number of nitrogens with zero attached hydrogens (tertiary/aromatic N) is 5. The lowest BCUT2D eigenvalue weighted by Crippen LogP contribution is -2.42. The van der Waals surface area contributed by atoms with Crippen molar-refractivity contribution in [3.05, 3.63) is 28.3 Å². The van der Waals surface area contributed by atoms with Crippen LogP contribution in [0.1, 0.15) is 35.1 Å². The van der Waals surface area contributed by atoms with Crippen LogP contribution >= 0.6 is 11.3 Å². The van der Waals surface area contributed by atoms with Gasteiger partial charge in [-0.25, -0.2) is 9.97 Å². The minimum Gasteiger partial charge on any atom is -0.481 e. The third kappa shape index (κ3) is 4.12. The van der Waals surface area contributed by atoms with Gasteiger partial charge in [-0.1, -0.05) is 0 Å². The molecule has 0 unspecified atom stereocenters. The van der Waals surface area contributed by atoms with Gasteiger partial charge in [-0.2, -0.15) is 4.98 Å². The van der Waals surface area contributed by atoms with Gasteiger partial charge in [0, 0.05) is 38.4 Å². The molecule has 1 amide bonds. The van der Waals surface area contributed by atoms with Gasteiger partial charge in [0.25, 0.3) is 5.91 Å². The Morgan fingerprint density at radius 1 is 1.38 bits per heavy atom. The van der Waals surface area contributed by atoms with E-state index in [0.29, 0.717) is 17.7 Å². The Kier molecular flexibility index (Phi) is 6.03. The Hall–Kier alpha value is -2.22. The van der Waals surface area contributed by atoms with Gasteiger partial charge in [-0.3, -0.25) is 4.79 Å². The molecule has 0 aliphatic carbocycles. The van der Waals surface area contributed by atoms with Gasteiger partial charge >= 0.3 is 0 Å². The Balaban J connectivity index is 1.57. The van der Waals surface area contributed by atoms with Crippen molar-refractivity contribution < 1.29 is 9.53 Å². The molecule has 3 heterocycles. The van der Waals surface area contributed by atoms with E-state index in [1.165, 1.54) is 11.3 Å². The van der Waals surface area contributed by atoms with Gasteiger partial charge in [0.15, 0.2) is 0 Å². The molecule has 8 heteroatoms. The summed E-state index contributed by atoms with van der Waals surface area (Å²) in [5, 5.41) is 0.